The van der Waals surface area contributed by atoms with Gasteiger partial charge in [-0.2, -0.15) is 0 Å². The summed E-state index contributed by atoms with van der Waals surface area (Å²) in [5, 5.41) is 3.18. The number of amides is 1. The number of halogens is 1. The van der Waals surface area contributed by atoms with E-state index in [-0.39, 0.29) is 5.91 Å². The molecule has 2 aromatic carbocycles. The van der Waals surface area contributed by atoms with Crippen LogP contribution in [0.1, 0.15) is 15.9 Å². The van der Waals surface area contributed by atoms with Gasteiger partial charge in [-0.15, -0.1) is 0 Å². The summed E-state index contributed by atoms with van der Waals surface area (Å²) in [4.78, 5) is 12.1. The Morgan fingerprint density at radius 2 is 1.95 bits per heavy atom. The van der Waals surface area contributed by atoms with Gasteiger partial charge in [0, 0.05) is 12.2 Å². The second-order valence-corrected chi connectivity index (χ2v) is 4.97. The van der Waals surface area contributed by atoms with Gasteiger partial charge in [0.25, 0.3) is 5.91 Å². The highest BCUT2D eigenvalue weighted by atomic mass is 35.5. The van der Waals surface area contributed by atoms with Crippen LogP contribution in [0.15, 0.2) is 42.5 Å². The van der Waals surface area contributed by atoms with E-state index in [4.69, 9.17) is 22.1 Å². The first-order valence-electron chi connectivity index (χ1n) is 6.57. The number of ether oxygens (including phenoxy) is 1. The topological polar surface area (TPSA) is 64.3 Å². The van der Waals surface area contributed by atoms with E-state index in [1.165, 1.54) is 0 Å². The maximum Gasteiger partial charge on any atom is 0.254 e. The van der Waals surface area contributed by atoms with Crippen molar-refractivity contribution in [2.75, 3.05) is 19.4 Å². The highest BCUT2D eigenvalue weighted by molar-refractivity contribution is 6.34. The van der Waals surface area contributed by atoms with Crippen LogP contribution in [0, 0.1) is 0 Å². The average Bonchev–Trinajstić information content (AvgIpc) is 2.48. The van der Waals surface area contributed by atoms with Crippen LogP contribution in [0.25, 0.3) is 0 Å². The number of benzene rings is 2. The van der Waals surface area contributed by atoms with Crippen LogP contribution < -0.4 is 15.8 Å². The van der Waals surface area contributed by atoms with Crippen molar-refractivity contribution in [1.29, 1.82) is 0 Å². The van der Waals surface area contributed by atoms with Gasteiger partial charge in [-0.25, -0.2) is 0 Å². The third kappa shape index (κ3) is 3.89. The minimum Gasteiger partial charge on any atom is -0.497 e. The van der Waals surface area contributed by atoms with Gasteiger partial charge in [0.05, 0.1) is 17.7 Å². The predicted molar refractivity (Wildman–Crippen MR) is 84.9 cm³/mol. The third-order valence-electron chi connectivity index (χ3n) is 3.13. The summed E-state index contributed by atoms with van der Waals surface area (Å²) >= 11 is 6.00. The summed E-state index contributed by atoms with van der Waals surface area (Å²) in [5.74, 6) is 0.554. The van der Waals surface area contributed by atoms with Gasteiger partial charge in [0.1, 0.15) is 5.75 Å². The first-order valence-corrected chi connectivity index (χ1v) is 6.94. The van der Waals surface area contributed by atoms with Crippen LogP contribution in [0.3, 0.4) is 0 Å². The molecule has 2 aromatic rings. The molecule has 3 N–H and O–H groups in total. The van der Waals surface area contributed by atoms with E-state index in [1.54, 1.807) is 25.3 Å². The SMILES string of the molecule is COc1ccc(CCNC(=O)c2c(N)cccc2Cl)cc1. The Bertz CT molecular complexity index is 606. The molecule has 1 amide bonds. The molecule has 0 saturated heterocycles. The molecule has 0 fully saturated rings. The second-order valence-electron chi connectivity index (χ2n) is 4.56. The van der Waals surface area contributed by atoms with Crippen molar-refractivity contribution in [3.8, 4) is 5.75 Å². The number of nitrogens with two attached hydrogens (primary N) is 1. The van der Waals surface area contributed by atoms with E-state index in [1.807, 2.05) is 24.3 Å². The lowest BCUT2D eigenvalue weighted by atomic mass is 10.1. The fraction of sp³-hybridized carbons (Fsp3) is 0.188. The molecule has 0 atom stereocenters. The van der Waals surface area contributed by atoms with Crippen LogP contribution in [0.2, 0.25) is 5.02 Å². The van der Waals surface area contributed by atoms with Gasteiger partial charge in [-0.3, -0.25) is 4.79 Å². The molecule has 2 rings (SSSR count). The van der Waals surface area contributed by atoms with E-state index in [9.17, 15) is 4.79 Å². The maximum absolute atomic E-state index is 12.1. The molecule has 21 heavy (non-hydrogen) atoms. The van der Waals surface area contributed by atoms with Crippen molar-refractivity contribution < 1.29 is 9.53 Å². The van der Waals surface area contributed by atoms with Gasteiger partial charge in [-0.1, -0.05) is 29.8 Å². The summed E-state index contributed by atoms with van der Waals surface area (Å²) in [6.07, 6.45) is 0.722. The molecule has 0 aliphatic carbocycles. The lowest BCUT2D eigenvalue weighted by molar-refractivity contribution is 0.0955. The largest absolute Gasteiger partial charge is 0.497 e. The van der Waals surface area contributed by atoms with Gasteiger partial charge < -0.3 is 15.8 Å². The van der Waals surface area contributed by atoms with Crippen molar-refractivity contribution in [2.45, 2.75) is 6.42 Å². The Hall–Kier alpha value is -2.20. The number of carbonyl (C=O) groups is 1. The van der Waals surface area contributed by atoms with Crippen molar-refractivity contribution in [1.82, 2.24) is 5.32 Å². The number of hydrogen-bond donors (Lipinski definition) is 2. The molecule has 0 bridgehead atoms. The molecule has 0 heterocycles. The van der Waals surface area contributed by atoms with Crippen LogP contribution in [0.5, 0.6) is 5.75 Å². The molecule has 5 heteroatoms. The van der Waals surface area contributed by atoms with Crippen molar-refractivity contribution in [3.63, 3.8) is 0 Å². The van der Waals surface area contributed by atoms with E-state index < -0.39 is 0 Å². The van der Waals surface area contributed by atoms with Crippen LogP contribution in [-0.4, -0.2) is 19.6 Å². The first kappa shape index (κ1) is 15.2. The molecule has 0 unspecified atom stereocenters. The number of nitrogen functional groups attached to an aromatic ring is 1. The Kier molecular flexibility index (Phi) is 5.06. The van der Waals surface area contributed by atoms with Crippen LogP contribution in [-0.2, 0) is 6.42 Å². The monoisotopic (exact) mass is 304 g/mol. The molecule has 0 saturated carbocycles. The summed E-state index contributed by atoms with van der Waals surface area (Å²) in [5.41, 5.74) is 7.60. The Balaban J connectivity index is 1.92. The number of nitrogens with one attached hydrogen (secondary N) is 1. The van der Waals surface area contributed by atoms with Gasteiger partial charge >= 0.3 is 0 Å². The number of hydrogen-bond acceptors (Lipinski definition) is 3. The van der Waals surface area contributed by atoms with Crippen LogP contribution >= 0.6 is 11.6 Å². The second kappa shape index (κ2) is 6.99. The highest BCUT2D eigenvalue weighted by Gasteiger charge is 2.13. The lowest BCUT2D eigenvalue weighted by Gasteiger charge is -2.09. The zero-order valence-electron chi connectivity index (χ0n) is 11.7. The minimum atomic E-state index is -0.258. The van der Waals surface area contributed by atoms with E-state index >= 15 is 0 Å². The summed E-state index contributed by atoms with van der Waals surface area (Å²) in [6, 6.07) is 12.7. The van der Waals surface area contributed by atoms with Crippen molar-refractivity contribution in [2.24, 2.45) is 0 Å². The fourth-order valence-corrected chi connectivity index (χ4v) is 2.25. The number of anilines is 1. The smallest absolute Gasteiger partial charge is 0.254 e. The van der Waals surface area contributed by atoms with Crippen molar-refractivity contribution >= 4 is 23.2 Å². The number of rotatable bonds is 5. The minimum absolute atomic E-state index is 0.258. The predicted octanol–water partition coefficient (Wildman–Crippen LogP) is 2.90. The molecule has 0 radical (unpaired) electrons. The Morgan fingerprint density at radius 3 is 2.57 bits per heavy atom. The van der Waals surface area contributed by atoms with E-state index in [0.29, 0.717) is 22.8 Å². The molecule has 0 spiro atoms. The fourth-order valence-electron chi connectivity index (χ4n) is 1.98. The first-order chi connectivity index (χ1) is 10.1. The van der Waals surface area contributed by atoms with Gasteiger partial charge in [0.2, 0.25) is 0 Å². The lowest BCUT2D eigenvalue weighted by Crippen LogP contribution is -2.26. The number of carbonyl (C=O) groups excluding carboxylic acids is 1. The highest BCUT2D eigenvalue weighted by Crippen LogP contribution is 2.21. The maximum atomic E-state index is 12.1. The quantitative estimate of drug-likeness (QED) is 0.835. The Morgan fingerprint density at radius 1 is 1.24 bits per heavy atom. The van der Waals surface area contributed by atoms with Crippen molar-refractivity contribution in [3.05, 3.63) is 58.6 Å². The molecule has 0 aromatic heterocycles. The summed E-state index contributed by atoms with van der Waals surface area (Å²) < 4.78 is 5.10. The normalized spacial score (nSPS) is 10.2. The van der Waals surface area contributed by atoms with E-state index in [0.717, 1.165) is 17.7 Å². The zero-order valence-corrected chi connectivity index (χ0v) is 12.5. The molecule has 0 aliphatic heterocycles. The molecule has 0 aliphatic rings. The molecule has 4 nitrogen and oxygen atoms in total. The molecular formula is C16H17ClN2O2. The van der Waals surface area contributed by atoms with E-state index in [2.05, 4.69) is 5.32 Å². The van der Waals surface area contributed by atoms with Gasteiger partial charge in [0.15, 0.2) is 0 Å². The Labute approximate surface area is 128 Å². The molecular weight excluding hydrogens is 288 g/mol. The summed E-state index contributed by atoms with van der Waals surface area (Å²) in [7, 11) is 1.63. The third-order valence-corrected chi connectivity index (χ3v) is 3.45. The summed E-state index contributed by atoms with van der Waals surface area (Å²) in [6.45, 7) is 0.510. The molecule has 110 valence electrons. The number of methoxy groups -OCH3 is 1. The van der Waals surface area contributed by atoms with Crippen LogP contribution in [0.4, 0.5) is 5.69 Å². The van der Waals surface area contributed by atoms with Gasteiger partial charge in [-0.05, 0) is 36.2 Å². The standard InChI is InChI=1S/C16H17ClN2O2/c1-21-12-7-5-11(6-8-12)9-10-19-16(20)15-13(17)3-2-4-14(15)18/h2-8H,9-10,18H2,1H3,(H,19,20). The zero-order chi connectivity index (χ0) is 15.2. The average molecular weight is 305 g/mol.